The maximum atomic E-state index is 11.9. The van der Waals surface area contributed by atoms with E-state index in [1.54, 1.807) is 13.0 Å². The number of esters is 1. The predicted molar refractivity (Wildman–Crippen MR) is 74.8 cm³/mol. The van der Waals surface area contributed by atoms with E-state index in [2.05, 4.69) is 0 Å². The topological polar surface area (TPSA) is 72.8 Å². The summed E-state index contributed by atoms with van der Waals surface area (Å²) in [5.74, 6) is -0.103. The molecule has 5 heteroatoms. The second kappa shape index (κ2) is 4.48. The molecule has 1 heterocycles. The van der Waals surface area contributed by atoms with E-state index in [0.29, 0.717) is 36.1 Å². The Morgan fingerprint density at radius 2 is 2.24 bits per heavy atom. The number of Topliss-reactive ketones (excluding diaryl/α,β-unsaturated/α-hetero) is 1. The predicted octanol–water partition coefficient (Wildman–Crippen LogP) is 2.47. The minimum absolute atomic E-state index is 0.107. The zero-order chi connectivity index (χ0) is 15.4. The number of carbonyl (C=O) groups is 2. The molecule has 0 saturated heterocycles. The van der Waals surface area contributed by atoms with Crippen molar-refractivity contribution in [3.63, 3.8) is 0 Å². The van der Waals surface area contributed by atoms with E-state index >= 15 is 0 Å². The molecule has 112 valence electrons. The Labute approximate surface area is 122 Å². The van der Waals surface area contributed by atoms with Crippen LogP contribution in [0, 0.1) is 6.92 Å². The molecular formula is C16H18O5. The summed E-state index contributed by atoms with van der Waals surface area (Å²) in [6.07, 6.45) is 1.44. The molecule has 0 radical (unpaired) electrons. The van der Waals surface area contributed by atoms with Crippen molar-refractivity contribution in [2.24, 2.45) is 0 Å². The third-order valence-corrected chi connectivity index (χ3v) is 4.38. The third kappa shape index (κ3) is 2.07. The molecule has 21 heavy (non-hydrogen) atoms. The van der Waals surface area contributed by atoms with Gasteiger partial charge in [-0.05, 0) is 31.9 Å². The normalized spacial score (nSPS) is 26.8. The number of aromatic hydroxyl groups is 1. The molecule has 1 aromatic rings. The fourth-order valence-electron chi connectivity index (χ4n) is 3.60. The van der Waals surface area contributed by atoms with Gasteiger partial charge in [0, 0.05) is 24.3 Å². The second-order valence-corrected chi connectivity index (χ2v) is 6.19. The number of hydrogen-bond acceptors (Lipinski definition) is 5. The summed E-state index contributed by atoms with van der Waals surface area (Å²) in [5, 5.41) is 10.5. The fraction of sp³-hybridized carbons (Fsp3) is 0.500. The van der Waals surface area contributed by atoms with Gasteiger partial charge >= 0.3 is 5.97 Å². The lowest BCUT2D eigenvalue weighted by atomic mass is 9.72. The van der Waals surface area contributed by atoms with Crippen molar-refractivity contribution in [2.75, 3.05) is 7.11 Å². The summed E-state index contributed by atoms with van der Waals surface area (Å²) in [4.78, 5) is 23.7. The first-order valence-corrected chi connectivity index (χ1v) is 7.00. The van der Waals surface area contributed by atoms with Gasteiger partial charge in [-0.2, -0.15) is 0 Å². The minimum Gasteiger partial charge on any atom is -0.507 e. The Morgan fingerprint density at radius 3 is 2.90 bits per heavy atom. The number of ketones is 1. The van der Waals surface area contributed by atoms with Crippen LogP contribution in [0.4, 0.5) is 0 Å². The van der Waals surface area contributed by atoms with Crippen LogP contribution in [-0.4, -0.2) is 29.6 Å². The Kier molecular flexibility index (Phi) is 2.97. The molecule has 1 aliphatic carbocycles. The molecule has 2 unspecified atom stereocenters. The van der Waals surface area contributed by atoms with E-state index in [9.17, 15) is 14.7 Å². The van der Waals surface area contributed by atoms with Gasteiger partial charge in [-0.3, -0.25) is 4.79 Å². The van der Waals surface area contributed by atoms with Crippen LogP contribution in [0.3, 0.4) is 0 Å². The van der Waals surface area contributed by atoms with Gasteiger partial charge in [-0.1, -0.05) is 0 Å². The first kappa shape index (κ1) is 13.9. The quantitative estimate of drug-likeness (QED) is 0.804. The molecule has 0 amide bonds. The van der Waals surface area contributed by atoms with E-state index in [4.69, 9.17) is 9.47 Å². The number of aryl methyl sites for hydroxylation is 1. The average molecular weight is 290 g/mol. The molecular weight excluding hydrogens is 272 g/mol. The van der Waals surface area contributed by atoms with E-state index in [0.717, 1.165) is 0 Å². The Bertz CT molecular complexity index is 649. The Balaban J connectivity index is 2.19. The van der Waals surface area contributed by atoms with Gasteiger partial charge in [-0.15, -0.1) is 0 Å². The van der Waals surface area contributed by atoms with Crippen molar-refractivity contribution in [3.05, 3.63) is 22.8 Å². The number of fused-ring (bicyclic) bond motifs is 4. The van der Waals surface area contributed by atoms with Crippen molar-refractivity contribution in [1.29, 1.82) is 0 Å². The Morgan fingerprint density at radius 1 is 1.52 bits per heavy atom. The molecule has 1 aliphatic heterocycles. The lowest BCUT2D eigenvalue weighted by Crippen LogP contribution is -2.44. The summed E-state index contributed by atoms with van der Waals surface area (Å²) < 4.78 is 10.7. The van der Waals surface area contributed by atoms with Crippen molar-refractivity contribution in [2.45, 2.75) is 44.6 Å². The monoisotopic (exact) mass is 290 g/mol. The van der Waals surface area contributed by atoms with E-state index < -0.39 is 11.6 Å². The lowest BCUT2D eigenvalue weighted by molar-refractivity contribution is -0.127. The summed E-state index contributed by atoms with van der Waals surface area (Å²) in [6, 6.07) is 1.75. The summed E-state index contributed by atoms with van der Waals surface area (Å²) in [5.41, 5.74) is 0.805. The average Bonchev–Trinajstić information content (AvgIpc) is 2.35. The highest BCUT2D eigenvalue weighted by atomic mass is 16.5. The number of hydrogen-bond donors (Lipinski definition) is 1. The van der Waals surface area contributed by atoms with E-state index in [-0.39, 0.29) is 23.0 Å². The standard InChI is InChI=1S/C16H18O5/c1-8-4-11-13(14(18)12(8)15(19)20-3)9-5-10(17)7-16(2,6-9)21-11/h4,9,18H,5-7H2,1-3H3. The van der Waals surface area contributed by atoms with Crippen LogP contribution in [0.2, 0.25) is 0 Å². The van der Waals surface area contributed by atoms with Crippen LogP contribution in [-0.2, 0) is 9.53 Å². The van der Waals surface area contributed by atoms with Crippen LogP contribution in [0.15, 0.2) is 6.07 Å². The molecule has 1 fully saturated rings. The fourth-order valence-corrected chi connectivity index (χ4v) is 3.60. The van der Waals surface area contributed by atoms with Gasteiger partial charge in [0.15, 0.2) is 0 Å². The Hall–Kier alpha value is -2.04. The van der Waals surface area contributed by atoms with E-state index in [1.165, 1.54) is 7.11 Å². The van der Waals surface area contributed by atoms with Crippen molar-refractivity contribution >= 4 is 11.8 Å². The number of phenols is 1. The van der Waals surface area contributed by atoms with Crippen LogP contribution >= 0.6 is 0 Å². The third-order valence-electron chi connectivity index (χ3n) is 4.38. The van der Waals surface area contributed by atoms with Gasteiger partial charge < -0.3 is 14.6 Å². The molecule has 3 rings (SSSR count). The summed E-state index contributed by atoms with van der Waals surface area (Å²) >= 11 is 0. The maximum Gasteiger partial charge on any atom is 0.341 e. The van der Waals surface area contributed by atoms with Gasteiger partial charge in [0.2, 0.25) is 0 Å². The molecule has 2 atom stereocenters. The summed E-state index contributed by atoms with van der Waals surface area (Å²) in [6.45, 7) is 3.65. The van der Waals surface area contributed by atoms with Crippen LogP contribution in [0.5, 0.6) is 11.5 Å². The zero-order valence-corrected chi connectivity index (χ0v) is 12.4. The van der Waals surface area contributed by atoms with Crippen LogP contribution < -0.4 is 4.74 Å². The molecule has 2 bridgehead atoms. The van der Waals surface area contributed by atoms with Gasteiger partial charge in [0.1, 0.15) is 28.4 Å². The van der Waals surface area contributed by atoms with Crippen LogP contribution in [0.25, 0.3) is 0 Å². The summed E-state index contributed by atoms with van der Waals surface area (Å²) in [7, 11) is 1.28. The highest BCUT2D eigenvalue weighted by molar-refractivity contribution is 5.95. The molecule has 0 spiro atoms. The number of benzene rings is 1. The molecule has 2 aliphatic rings. The number of phenolic OH excluding ortho intramolecular Hbond substituents is 1. The molecule has 1 saturated carbocycles. The first-order chi connectivity index (χ1) is 9.84. The van der Waals surface area contributed by atoms with Gasteiger partial charge in [-0.25, -0.2) is 4.79 Å². The number of rotatable bonds is 1. The molecule has 0 aromatic heterocycles. The van der Waals surface area contributed by atoms with Crippen LogP contribution in [0.1, 0.15) is 53.6 Å². The second-order valence-electron chi connectivity index (χ2n) is 6.19. The van der Waals surface area contributed by atoms with Gasteiger partial charge in [0.05, 0.1) is 7.11 Å². The van der Waals surface area contributed by atoms with E-state index in [1.807, 2.05) is 6.92 Å². The number of carbonyl (C=O) groups excluding carboxylic acids is 2. The smallest absolute Gasteiger partial charge is 0.341 e. The number of methoxy groups -OCH3 is 1. The first-order valence-electron chi connectivity index (χ1n) is 7.00. The van der Waals surface area contributed by atoms with Crippen molar-refractivity contribution < 1.29 is 24.2 Å². The largest absolute Gasteiger partial charge is 0.507 e. The minimum atomic E-state index is -0.580. The number of ether oxygens (including phenoxy) is 2. The lowest BCUT2D eigenvalue weighted by Gasteiger charge is -2.43. The molecule has 1 aromatic carbocycles. The van der Waals surface area contributed by atoms with Gasteiger partial charge in [0.25, 0.3) is 0 Å². The maximum absolute atomic E-state index is 11.9. The van der Waals surface area contributed by atoms with Crippen molar-refractivity contribution in [1.82, 2.24) is 0 Å². The SMILES string of the molecule is COC(=O)c1c(C)cc2c(c1O)C1CC(=O)CC(C)(C1)O2. The molecule has 5 nitrogen and oxygen atoms in total. The molecule has 1 N–H and O–H groups in total. The van der Waals surface area contributed by atoms with Crippen molar-refractivity contribution in [3.8, 4) is 11.5 Å². The highest BCUT2D eigenvalue weighted by Gasteiger charge is 2.45. The highest BCUT2D eigenvalue weighted by Crippen LogP contribution is 2.52. The zero-order valence-electron chi connectivity index (χ0n) is 12.4.